The van der Waals surface area contributed by atoms with E-state index in [4.69, 9.17) is 4.74 Å². The number of aromatic nitrogens is 2. The molecule has 5 rings (SSSR count). The summed E-state index contributed by atoms with van der Waals surface area (Å²) in [6, 6.07) is 20.0. The minimum atomic E-state index is -0.344. The quantitative estimate of drug-likeness (QED) is 0.479. The Hall–Kier alpha value is -3.91. The fourth-order valence-corrected chi connectivity index (χ4v) is 5.47. The molecule has 0 aliphatic carbocycles. The van der Waals surface area contributed by atoms with Crippen LogP contribution >= 0.6 is 0 Å². The normalized spacial score (nSPS) is 17.7. The van der Waals surface area contributed by atoms with Crippen molar-refractivity contribution in [3.05, 3.63) is 93.5 Å². The van der Waals surface area contributed by atoms with Crippen LogP contribution in [0, 0.1) is 0 Å². The third-order valence-electron chi connectivity index (χ3n) is 7.43. The Morgan fingerprint density at radius 1 is 1.03 bits per heavy atom. The fourth-order valence-electron chi connectivity index (χ4n) is 5.47. The first kappa shape index (κ1) is 25.7. The molecule has 2 aromatic carbocycles. The zero-order chi connectivity index (χ0) is 26.6. The monoisotopic (exact) mass is 513 g/mol. The van der Waals surface area contributed by atoms with Gasteiger partial charge in [-0.3, -0.25) is 4.90 Å². The summed E-state index contributed by atoms with van der Waals surface area (Å²) in [5.41, 5.74) is 3.83. The van der Waals surface area contributed by atoms with Crippen molar-refractivity contribution in [3.63, 3.8) is 0 Å². The Balaban J connectivity index is 1.47. The number of ether oxygens (including phenoxy) is 1. The van der Waals surface area contributed by atoms with E-state index in [1.54, 1.807) is 11.5 Å². The molecule has 1 N–H and O–H groups in total. The number of carbonyl (C=O) groups is 1. The van der Waals surface area contributed by atoms with E-state index in [9.17, 15) is 9.59 Å². The number of benzene rings is 2. The minimum Gasteiger partial charge on any atom is -0.463 e. The van der Waals surface area contributed by atoms with Gasteiger partial charge in [-0.2, -0.15) is 4.98 Å². The maximum Gasteiger partial charge on any atom is 0.355 e. The molecule has 198 valence electrons. The number of anilines is 2. The fraction of sp³-hybridized carbons (Fsp3) is 0.367. The number of nitrogens with zero attached hydrogens (tertiary/aromatic N) is 4. The van der Waals surface area contributed by atoms with Crippen LogP contribution in [0.2, 0.25) is 0 Å². The number of allylic oxidation sites excluding steroid dienone is 1. The molecule has 0 saturated carbocycles. The number of nitrogens with one attached hydrogen (secondary N) is 1. The topological polar surface area (TPSA) is 79.7 Å². The molecule has 0 amide bonds. The molecular formula is C30H35N5O3. The smallest absolute Gasteiger partial charge is 0.355 e. The van der Waals surface area contributed by atoms with Crippen LogP contribution in [0.3, 0.4) is 0 Å². The Bertz CT molecular complexity index is 1380. The van der Waals surface area contributed by atoms with Crippen LogP contribution in [0.15, 0.2) is 76.7 Å². The van der Waals surface area contributed by atoms with E-state index >= 15 is 0 Å². The lowest BCUT2D eigenvalue weighted by atomic mass is 9.88. The van der Waals surface area contributed by atoms with Gasteiger partial charge in [-0.25, -0.2) is 14.2 Å². The van der Waals surface area contributed by atoms with Crippen molar-refractivity contribution in [2.75, 3.05) is 49.5 Å². The van der Waals surface area contributed by atoms with Crippen LogP contribution in [0.5, 0.6) is 0 Å². The van der Waals surface area contributed by atoms with Gasteiger partial charge in [0.1, 0.15) is 11.6 Å². The number of piperazine rings is 1. The van der Waals surface area contributed by atoms with Gasteiger partial charge >= 0.3 is 11.7 Å². The molecule has 0 radical (unpaired) electrons. The molecule has 8 nitrogen and oxygen atoms in total. The standard InChI is InChI=1S/C30H35N5O3/c1-4-38-29(36)25-21(2)26-27(34-19-17-33(18-20-34)16-15-23-11-7-5-8-12-23)32-30(37)35(28(26)31-22(25)3)24-13-9-6-10-14-24/h5-14,21,31H,4,15-20H2,1-3H3. The van der Waals surface area contributed by atoms with Crippen molar-refractivity contribution in [1.29, 1.82) is 0 Å². The molecule has 1 unspecified atom stereocenters. The summed E-state index contributed by atoms with van der Waals surface area (Å²) in [6.07, 6.45) is 1.01. The average molecular weight is 514 g/mol. The Kier molecular flexibility index (Phi) is 7.60. The minimum absolute atomic E-state index is 0.292. The van der Waals surface area contributed by atoms with Crippen LogP contribution in [-0.2, 0) is 16.0 Å². The number of rotatable bonds is 7. The second-order valence-electron chi connectivity index (χ2n) is 9.82. The van der Waals surface area contributed by atoms with Gasteiger partial charge in [-0.1, -0.05) is 55.5 Å². The van der Waals surface area contributed by atoms with Crippen LogP contribution in [0.4, 0.5) is 11.6 Å². The van der Waals surface area contributed by atoms with Crippen LogP contribution in [0.1, 0.15) is 37.8 Å². The van der Waals surface area contributed by atoms with Gasteiger partial charge in [0.15, 0.2) is 0 Å². The van der Waals surface area contributed by atoms with E-state index in [-0.39, 0.29) is 17.6 Å². The summed E-state index contributed by atoms with van der Waals surface area (Å²) in [5.74, 6) is 0.675. The van der Waals surface area contributed by atoms with Gasteiger partial charge in [0.2, 0.25) is 0 Å². The number of carbonyl (C=O) groups excluding carboxylic acids is 1. The van der Waals surface area contributed by atoms with E-state index in [1.807, 2.05) is 50.2 Å². The SMILES string of the molecule is CCOC(=O)C1=C(C)Nc2c(c(N3CCN(CCc4ccccc4)CC3)nc(=O)n2-c2ccccc2)C1C. The predicted octanol–water partition coefficient (Wildman–Crippen LogP) is 3.96. The van der Waals surface area contributed by atoms with Gasteiger partial charge in [0.05, 0.1) is 17.9 Å². The first-order valence-electron chi connectivity index (χ1n) is 13.4. The molecule has 3 aromatic rings. The highest BCUT2D eigenvalue weighted by molar-refractivity contribution is 5.94. The van der Waals surface area contributed by atoms with Gasteiger partial charge in [0.25, 0.3) is 0 Å². The first-order valence-corrected chi connectivity index (χ1v) is 13.4. The van der Waals surface area contributed by atoms with Crippen molar-refractivity contribution < 1.29 is 9.53 Å². The highest BCUT2D eigenvalue weighted by atomic mass is 16.5. The molecule has 0 spiro atoms. The van der Waals surface area contributed by atoms with Crippen molar-refractivity contribution >= 4 is 17.6 Å². The van der Waals surface area contributed by atoms with Gasteiger partial charge < -0.3 is 15.0 Å². The molecular weight excluding hydrogens is 478 g/mol. The van der Waals surface area contributed by atoms with Crippen LogP contribution in [-0.4, -0.2) is 59.8 Å². The van der Waals surface area contributed by atoms with Crippen molar-refractivity contribution in [3.8, 4) is 5.69 Å². The number of para-hydroxylation sites is 1. The molecule has 1 fully saturated rings. The summed E-state index contributed by atoms with van der Waals surface area (Å²) in [6.45, 7) is 10.2. The maximum atomic E-state index is 13.5. The molecule has 1 aromatic heterocycles. The largest absolute Gasteiger partial charge is 0.463 e. The maximum absolute atomic E-state index is 13.5. The summed E-state index contributed by atoms with van der Waals surface area (Å²) in [4.78, 5) is 35.7. The summed E-state index contributed by atoms with van der Waals surface area (Å²) < 4.78 is 7.00. The lowest BCUT2D eigenvalue weighted by Crippen LogP contribution is -2.48. The number of hydrogen-bond acceptors (Lipinski definition) is 7. The number of esters is 1. The molecule has 2 aliphatic rings. The Morgan fingerprint density at radius 3 is 2.34 bits per heavy atom. The molecule has 0 bridgehead atoms. The lowest BCUT2D eigenvalue weighted by Gasteiger charge is -2.38. The van der Waals surface area contributed by atoms with Crippen LogP contribution < -0.4 is 15.9 Å². The zero-order valence-electron chi connectivity index (χ0n) is 22.3. The van der Waals surface area contributed by atoms with E-state index < -0.39 is 0 Å². The Morgan fingerprint density at radius 2 is 1.68 bits per heavy atom. The number of fused-ring (bicyclic) bond motifs is 1. The Labute approximate surface area is 223 Å². The third kappa shape index (κ3) is 5.09. The van der Waals surface area contributed by atoms with E-state index in [1.165, 1.54) is 5.56 Å². The van der Waals surface area contributed by atoms with E-state index in [0.29, 0.717) is 29.5 Å². The number of hydrogen-bond donors (Lipinski definition) is 1. The van der Waals surface area contributed by atoms with Gasteiger partial charge in [-0.05, 0) is 38.0 Å². The third-order valence-corrected chi connectivity index (χ3v) is 7.43. The van der Waals surface area contributed by atoms with Crippen molar-refractivity contribution in [2.24, 2.45) is 0 Å². The first-order chi connectivity index (χ1) is 18.5. The van der Waals surface area contributed by atoms with Crippen molar-refractivity contribution in [1.82, 2.24) is 14.5 Å². The summed E-state index contributed by atoms with van der Waals surface area (Å²) in [5, 5.41) is 3.38. The van der Waals surface area contributed by atoms with Crippen molar-refractivity contribution in [2.45, 2.75) is 33.1 Å². The van der Waals surface area contributed by atoms with Gasteiger partial charge in [0, 0.05) is 49.9 Å². The molecule has 2 aliphatic heterocycles. The predicted molar refractivity (Wildman–Crippen MR) is 150 cm³/mol. The molecule has 1 saturated heterocycles. The second kappa shape index (κ2) is 11.2. The molecule has 38 heavy (non-hydrogen) atoms. The molecule has 1 atom stereocenters. The van der Waals surface area contributed by atoms with Crippen LogP contribution in [0.25, 0.3) is 5.69 Å². The van der Waals surface area contributed by atoms with Gasteiger partial charge in [-0.15, -0.1) is 0 Å². The van der Waals surface area contributed by atoms with E-state index in [2.05, 4.69) is 44.4 Å². The summed E-state index contributed by atoms with van der Waals surface area (Å²) in [7, 11) is 0. The second-order valence-corrected chi connectivity index (χ2v) is 9.82. The molecule has 3 heterocycles. The van der Waals surface area contributed by atoms with E-state index in [0.717, 1.165) is 50.4 Å². The zero-order valence-corrected chi connectivity index (χ0v) is 22.3. The molecule has 8 heteroatoms. The highest BCUT2D eigenvalue weighted by Gasteiger charge is 2.36. The average Bonchev–Trinajstić information content (AvgIpc) is 2.93. The highest BCUT2D eigenvalue weighted by Crippen LogP contribution is 2.42. The lowest BCUT2D eigenvalue weighted by molar-refractivity contribution is -0.138. The summed E-state index contributed by atoms with van der Waals surface area (Å²) >= 11 is 0.